The maximum absolute atomic E-state index is 13.1. The number of anilines is 1. The van der Waals surface area contributed by atoms with E-state index >= 15 is 0 Å². The van der Waals surface area contributed by atoms with Gasteiger partial charge in [-0.2, -0.15) is 0 Å². The molecule has 4 aromatic carbocycles. The Balaban J connectivity index is 1.18. The predicted octanol–water partition coefficient (Wildman–Crippen LogP) is 9.60. The summed E-state index contributed by atoms with van der Waals surface area (Å²) >= 11 is 0. The zero-order valence-corrected chi connectivity index (χ0v) is 27.6. The molecule has 2 amide bonds. The lowest BCUT2D eigenvalue weighted by Gasteiger charge is -2.30. The highest BCUT2D eigenvalue weighted by Crippen LogP contribution is 2.31. The minimum atomic E-state index is -0.550. The smallest absolute Gasteiger partial charge is 0.411 e. The van der Waals surface area contributed by atoms with Crippen LogP contribution < -0.4 is 15.4 Å². The minimum absolute atomic E-state index is 0.00442. The van der Waals surface area contributed by atoms with E-state index in [1.807, 2.05) is 99.6 Å². The Morgan fingerprint density at radius 1 is 0.792 bits per heavy atom. The van der Waals surface area contributed by atoms with E-state index in [0.29, 0.717) is 54.9 Å². The van der Waals surface area contributed by atoms with Gasteiger partial charge in [0.1, 0.15) is 29.5 Å². The van der Waals surface area contributed by atoms with Crippen molar-refractivity contribution in [3.63, 3.8) is 0 Å². The Hall–Kier alpha value is -5.37. The van der Waals surface area contributed by atoms with E-state index < -0.39 is 17.8 Å². The Kier molecular flexibility index (Phi) is 11.3. The first-order valence-electron chi connectivity index (χ1n) is 16.3. The molecular formula is C40H42N2O6. The number of carbonyl (C=O) groups is 3. The number of hydrogen-bond donors (Lipinski definition) is 2. The average Bonchev–Trinajstić information content (AvgIpc) is 3.06. The minimum Gasteiger partial charge on any atom is -0.457 e. The number of nitrogens with one attached hydrogen (secondary N) is 2. The molecule has 0 aliphatic heterocycles. The Morgan fingerprint density at radius 3 is 2.08 bits per heavy atom. The predicted molar refractivity (Wildman–Crippen MR) is 188 cm³/mol. The third-order valence-electron chi connectivity index (χ3n) is 7.87. The van der Waals surface area contributed by atoms with Gasteiger partial charge in [0.25, 0.3) is 0 Å². The summed E-state index contributed by atoms with van der Waals surface area (Å²) in [7, 11) is 0. The van der Waals surface area contributed by atoms with Crippen molar-refractivity contribution in [3.05, 3.63) is 120 Å². The topological polar surface area (TPSA) is 103 Å². The van der Waals surface area contributed by atoms with Crippen LogP contribution in [0.2, 0.25) is 0 Å². The summed E-state index contributed by atoms with van der Waals surface area (Å²) in [4.78, 5) is 36.1. The summed E-state index contributed by atoms with van der Waals surface area (Å²) in [6.07, 6.45) is 7.20. The van der Waals surface area contributed by atoms with Gasteiger partial charge in [0.15, 0.2) is 0 Å². The number of rotatable bonds is 10. The van der Waals surface area contributed by atoms with Crippen LogP contribution in [0, 0.1) is 0 Å². The van der Waals surface area contributed by atoms with E-state index in [1.165, 1.54) is 0 Å². The summed E-state index contributed by atoms with van der Waals surface area (Å²) in [5, 5.41) is 5.91. The molecule has 8 nitrogen and oxygen atoms in total. The molecule has 0 atom stereocenters. The van der Waals surface area contributed by atoms with Crippen molar-refractivity contribution in [3.8, 4) is 22.6 Å². The van der Waals surface area contributed by atoms with Crippen molar-refractivity contribution in [1.29, 1.82) is 0 Å². The molecule has 8 heteroatoms. The summed E-state index contributed by atoms with van der Waals surface area (Å²) in [6, 6.07) is 30.7. The first-order valence-corrected chi connectivity index (χ1v) is 16.3. The van der Waals surface area contributed by atoms with E-state index in [1.54, 1.807) is 24.3 Å². The van der Waals surface area contributed by atoms with Crippen LogP contribution in [0.25, 0.3) is 17.2 Å². The van der Waals surface area contributed by atoms with Gasteiger partial charge < -0.3 is 19.5 Å². The number of hydrogen-bond acceptors (Lipinski definition) is 6. The van der Waals surface area contributed by atoms with E-state index in [-0.39, 0.29) is 12.1 Å². The van der Waals surface area contributed by atoms with Gasteiger partial charge in [-0.25, -0.2) is 9.59 Å². The third kappa shape index (κ3) is 10.3. The van der Waals surface area contributed by atoms with Crippen LogP contribution in [-0.4, -0.2) is 36.2 Å². The second-order valence-corrected chi connectivity index (χ2v) is 12.9. The average molecular weight is 647 g/mol. The Morgan fingerprint density at radius 2 is 1.44 bits per heavy atom. The standard InChI is InChI=1S/C40H42N2O6/c1-40(2,3)48-39(45)41-32-17-23-35(24-18-32)47-38(44)42-37-26-29(16-25-36(37)31-10-5-4-6-11-31)9-7-8-28-12-19-33(20-13-28)46-34-21-14-30(27-43)15-22-34/h4-7,9-16,19-22,25-27,32,35H,8,17-18,23-24H2,1-3H3,(H,41,45)(H,42,44)/b9-7+. The number of aldehydes is 1. The molecule has 2 N–H and O–H groups in total. The largest absolute Gasteiger partial charge is 0.457 e. The molecule has 5 rings (SSSR count). The van der Waals surface area contributed by atoms with Crippen LogP contribution in [0.5, 0.6) is 11.5 Å². The lowest BCUT2D eigenvalue weighted by atomic mass is 9.93. The zero-order valence-electron chi connectivity index (χ0n) is 27.6. The van der Waals surface area contributed by atoms with Crippen LogP contribution in [-0.2, 0) is 15.9 Å². The Bertz CT molecular complexity index is 1700. The molecule has 48 heavy (non-hydrogen) atoms. The number of benzene rings is 4. The number of amides is 2. The quantitative estimate of drug-likeness (QED) is 0.166. The summed E-state index contributed by atoms with van der Waals surface area (Å²) in [5.74, 6) is 1.38. The highest BCUT2D eigenvalue weighted by atomic mass is 16.6. The van der Waals surface area contributed by atoms with Crippen LogP contribution in [0.3, 0.4) is 0 Å². The fourth-order valence-electron chi connectivity index (χ4n) is 5.50. The second kappa shape index (κ2) is 16.0. The zero-order chi connectivity index (χ0) is 33.9. The van der Waals surface area contributed by atoms with E-state index in [2.05, 4.69) is 16.7 Å². The number of carbonyl (C=O) groups excluding carboxylic acids is 3. The van der Waals surface area contributed by atoms with Gasteiger partial charge in [-0.15, -0.1) is 0 Å². The lowest BCUT2D eigenvalue weighted by molar-refractivity contribution is 0.0440. The fourth-order valence-corrected chi connectivity index (χ4v) is 5.50. The van der Waals surface area contributed by atoms with Crippen LogP contribution in [0.15, 0.2) is 103 Å². The van der Waals surface area contributed by atoms with Crippen molar-refractivity contribution < 1.29 is 28.6 Å². The lowest BCUT2D eigenvalue weighted by Crippen LogP contribution is -2.42. The van der Waals surface area contributed by atoms with Crippen LogP contribution in [0.1, 0.15) is 67.9 Å². The molecular weight excluding hydrogens is 604 g/mol. The SMILES string of the molecule is CC(C)(C)OC(=O)NC1CCC(OC(=O)Nc2cc(/C=C/Cc3ccc(Oc4ccc(C=O)cc4)cc3)ccc2-c2ccccc2)CC1. The molecule has 4 aromatic rings. The second-order valence-electron chi connectivity index (χ2n) is 12.9. The summed E-state index contributed by atoms with van der Waals surface area (Å²) in [6.45, 7) is 5.51. The highest BCUT2D eigenvalue weighted by molar-refractivity contribution is 5.92. The number of ether oxygens (including phenoxy) is 3. The molecule has 1 saturated carbocycles. The molecule has 0 spiro atoms. The van der Waals surface area contributed by atoms with Crippen molar-refractivity contribution in [2.75, 3.05) is 5.32 Å². The molecule has 1 aliphatic rings. The van der Waals surface area contributed by atoms with Gasteiger partial charge in [0.2, 0.25) is 0 Å². The fraction of sp³-hybridized carbons (Fsp3) is 0.275. The monoisotopic (exact) mass is 646 g/mol. The number of allylic oxidation sites excluding steroid dienone is 1. The maximum Gasteiger partial charge on any atom is 0.411 e. The van der Waals surface area contributed by atoms with Gasteiger partial charge in [0, 0.05) is 17.2 Å². The van der Waals surface area contributed by atoms with E-state index in [4.69, 9.17) is 14.2 Å². The highest BCUT2D eigenvalue weighted by Gasteiger charge is 2.27. The summed E-state index contributed by atoms with van der Waals surface area (Å²) in [5.41, 5.74) is 4.66. The van der Waals surface area contributed by atoms with Crippen molar-refractivity contribution in [2.24, 2.45) is 0 Å². The molecule has 248 valence electrons. The van der Waals surface area contributed by atoms with Crippen LogP contribution in [0.4, 0.5) is 15.3 Å². The molecule has 0 bridgehead atoms. The van der Waals surface area contributed by atoms with Gasteiger partial charge in [-0.3, -0.25) is 10.1 Å². The van der Waals surface area contributed by atoms with Crippen molar-refractivity contribution in [1.82, 2.24) is 5.32 Å². The molecule has 0 unspecified atom stereocenters. The van der Waals surface area contributed by atoms with Crippen LogP contribution >= 0.6 is 0 Å². The van der Waals surface area contributed by atoms with Gasteiger partial charge in [-0.05, 0) is 112 Å². The van der Waals surface area contributed by atoms with Gasteiger partial charge >= 0.3 is 12.2 Å². The van der Waals surface area contributed by atoms with E-state index in [9.17, 15) is 14.4 Å². The third-order valence-corrected chi connectivity index (χ3v) is 7.87. The van der Waals surface area contributed by atoms with Gasteiger partial charge in [-0.1, -0.05) is 66.7 Å². The molecule has 0 heterocycles. The molecule has 0 radical (unpaired) electrons. The molecule has 1 fully saturated rings. The maximum atomic E-state index is 13.1. The molecule has 0 saturated heterocycles. The van der Waals surface area contributed by atoms with Crippen molar-refractivity contribution >= 4 is 30.2 Å². The Labute approximate surface area is 282 Å². The summed E-state index contributed by atoms with van der Waals surface area (Å²) < 4.78 is 17.1. The number of alkyl carbamates (subject to hydrolysis) is 1. The first-order chi connectivity index (χ1) is 23.1. The van der Waals surface area contributed by atoms with Crippen molar-refractivity contribution in [2.45, 2.75) is 70.6 Å². The van der Waals surface area contributed by atoms with E-state index in [0.717, 1.165) is 28.5 Å². The first kappa shape index (κ1) is 34.0. The molecule has 1 aliphatic carbocycles. The molecule has 0 aromatic heterocycles. The normalized spacial score (nSPS) is 16.1. The van der Waals surface area contributed by atoms with Gasteiger partial charge in [0.05, 0.1) is 5.69 Å².